The lowest BCUT2D eigenvalue weighted by Gasteiger charge is -2.13. The van der Waals surface area contributed by atoms with E-state index in [1.807, 2.05) is 0 Å². The maximum absolute atomic E-state index is 12.7. The molecule has 3 rings (SSSR count). The maximum atomic E-state index is 12.7. The number of nitrogens with one attached hydrogen (secondary N) is 2. The lowest BCUT2D eigenvalue weighted by atomic mass is 10.1. The molecule has 0 unspecified atom stereocenters. The molecule has 1 amide bonds. The molecule has 0 bridgehead atoms. The van der Waals surface area contributed by atoms with E-state index in [0.29, 0.717) is 5.69 Å². The first kappa shape index (κ1) is 21.2. The SMILES string of the molecule is O=C(O)c1ccc(NC(=O)c2cc(Cl)ccc2NS(=O)(=O)c2ccc(O)cc2)cc1. The molecule has 0 saturated heterocycles. The van der Waals surface area contributed by atoms with Gasteiger partial charge in [-0.2, -0.15) is 0 Å². The molecule has 3 aromatic carbocycles. The van der Waals surface area contributed by atoms with Crippen molar-refractivity contribution >= 4 is 44.9 Å². The number of hydrogen-bond acceptors (Lipinski definition) is 5. The average molecular weight is 447 g/mol. The summed E-state index contributed by atoms with van der Waals surface area (Å²) in [4.78, 5) is 23.5. The lowest BCUT2D eigenvalue weighted by Crippen LogP contribution is -2.18. The molecule has 0 aromatic heterocycles. The molecule has 30 heavy (non-hydrogen) atoms. The summed E-state index contributed by atoms with van der Waals surface area (Å²) in [6.45, 7) is 0. The minimum absolute atomic E-state index is 0.00729. The second-order valence-corrected chi connectivity index (χ2v) is 8.24. The Morgan fingerprint density at radius 1 is 0.900 bits per heavy atom. The van der Waals surface area contributed by atoms with Crippen molar-refractivity contribution in [3.63, 3.8) is 0 Å². The zero-order valence-corrected chi connectivity index (χ0v) is 16.7. The van der Waals surface area contributed by atoms with Crippen LogP contribution < -0.4 is 10.0 Å². The van der Waals surface area contributed by atoms with Gasteiger partial charge in [0.25, 0.3) is 15.9 Å². The number of aromatic carboxylic acids is 1. The number of amides is 1. The van der Waals surface area contributed by atoms with Gasteiger partial charge in [0.1, 0.15) is 5.75 Å². The Morgan fingerprint density at radius 2 is 1.53 bits per heavy atom. The third kappa shape index (κ3) is 4.88. The lowest BCUT2D eigenvalue weighted by molar-refractivity contribution is 0.0696. The molecular formula is C20H15ClN2O6S. The van der Waals surface area contributed by atoms with Crippen LogP contribution in [0.15, 0.2) is 71.6 Å². The molecular weight excluding hydrogens is 432 g/mol. The van der Waals surface area contributed by atoms with E-state index in [1.54, 1.807) is 0 Å². The largest absolute Gasteiger partial charge is 0.508 e. The number of carboxylic acids is 1. The highest BCUT2D eigenvalue weighted by Crippen LogP contribution is 2.25. The number of carbonyl (C=O) groups excluding carboxylic acids is 1. The van der Waals surface area contributed by atoms with Crippen LogP contribution in [0.2, 0.25) is 5.02 Å². The van der Waals surface area contributed by atoms with Crippen molar-refractivity contribution in [1.82, 2.24) is 0 Å². The number of phenols is 1. The van der Waals surface area contributed by atoms with Crippen LogP contribution in [0, 0.1) is 0 Å². The number of carbonyl (C=O) groups is 2. The van der Waals surface area contributed by atoms with Crippen LogP contribution in [0.4, 0.5) is 11.4 Å². The monoisotopic (exact) mass is 446 g/mol. The van der Waals surface area contributed by atoms with E-state index < -0.39 is 21.9 Å². The standard InChI is InChI=1S/C20H15ClN2O6S/c21-13-3-10-18(23-30(28,29)16-8-6-15(24)7-9-16)17(11-13)19(25)22-14-4-1-12(2-5-14)20(26)27/h1-11,23-24H,(H,22,25)(H,26,27). The van der Waals surface area contributed by atoms with E-state index in [2.05, 4.69) is 10.0 Å². The van der Waals surface area contributed by atoms with Gasteiger partial charge in [-0.05, 0) is 66.7 Å². The molecule has 0 saturated carbocycles. The molecule has 8 nitrogen and oxygen atoms in total. The highest BCUT2D eigenvalue weighted by atomic mass is 35.5. The van der Waals surface area contributed by atoms with Crippen LogP contribution in [-0.2, 0) is 10.0 Å². The second kappa shape index (κ2) is 8.44. The molecule has 0 atom stereocenters. The van der Waals surface area contributed by atoms with Gasteiger partial charge in [0.05, 0.1) is 21.7 Å². The Balaban J connectivity index is 1.88. The van der Waals surface area contributed by atoms with Gasteiger partial charge in [-0.15, -0.1) is 0 Å². The number of halogens is 1. The van der Waals surface area contributed by atoms with Gasteiger partial charge in [0, 0.05) is 10.7 Å². The van der Waals surface area contributed by atoms with Crippen LogP contribution in [-0.4, -0.2) is 30.5 Å². The number of aromatic hydroxyl groups is 1. The first-order valence-electron chi connectivity index (χ1n) is 8.42. The number of hydrogen-bond donors (Lipinski definition) is 4. The van der Waals surface area contributed by atoms with Crippen molar-refractivity contribution in [2.45, 2.75) is 4.90 Å². The second-order valence-electron chi connectivity index (χ2n) is 6.13. The Bertz CT molecular complexity index is 1210. The Kier molecular flexibility index (Phi) is 5.95. The van der Waals surface area contributed by atoms with Gasteiger partial charge in [0.15, 0.2) is 0 Å². The van der Waals surface area contributed by atoms with E-state index in [9.17, 15) is 23.1 Å². The van der Waals surface area contributed by atoms with Crippen molar-refractivity contribution in [1.29, 1.82) is 0 Å². The fraction of sp³-hybridized carbons (Fsp3) is 0. The van der Waals surface area contributed by atoms with Gasteiger partial charge in [-0.3, -0.25) is 9.52 Å². The van der Waals surface area contributed by atoms with Gasteiger partial charge in [-0.1, -0.05) is 11.6 Å². The molecule has 0 aliphatic heterocycles. The minimum atomic E-state index is -4.04. The summed E-state index contributed by atoms with van der Waals surface area (Å²) in [5.74, 6) is -1.84. The number of sulfonamides is 1. The Labute approximate surface area is 176 Å². The van der Waals surface area contributed by atoms with Gasteiger partial charge in [-0.25, -0.2) is 13.2 Å². The van der Waals surface area contributed by atoms with Crippen LogP contribution in [0.3, 0.4) is 0 Å². The number of carboxylic acid groups (broad SMARTS) is 1. The van der Waals surface area contributed by atoms with E-state index >= 15 is 0 Å². The molecule has 3 aromatic rings. The molecule has 154 valence electrons. The maximum Gasteiger partial charge on any atom is 0.335 e. The Morgan fingerprint density at radius 3 is 2.13 bits per heavy atom. The summed E-state index contributed by atoms with van der Waals surface area (Å²) in [5, 5.41) is 21.1. The third-order valence-corrected chi connectivity index (χ3v) is 5.62. The van der Waals surface area contributed by atoms with Crippen molar-refractivity contribution in [2.75, 3.05) is 10.0 Å². The van der Waals surface area contributed by atoms with Gasteiger partial charge >= 0.3 is 5.97 Å². The van der Waals surface area contributed by atoms with Crippen LogP contribution in [0.5, 0.6) is 5.75 Å². The quantitative estimate of drug-likeness (QED) is 0.455. The van der Waals surface area contributed by atoms with Crippen LogP contribution >= 0.6 is 11.6 Å². The summed E-state index contributed by atoms with van der Waals surface area (Å²) in [6, 6.07) is 14.4. The zero-order valence-electron chi connectivity index (χ0n) is 15.2. The first-order valence-corrected chi connectivity index (χ1v) is 10.3. The summed E-state index contributed by atoms with van der Waals surface area (Å²) >= 11 is 5.97. The van der Waals surface area contributed by atoms with E-state index in [4.69, 9.17) is 16.7 Å². The molecule has 0 spiro atoms. The van der Waals surface area contributed by atoms with Gasteiger partial charge < -0.3 is 15.5 Å². The van der Waals surface area contributed by atoms with Crippen molar-refractivity contribution < 1.29 is 28.2 Å². The predicted molar refractivity (Wildman–Crippen MR) is 112 cm³/mol. The molecule has 0 aliphatic carbocycles. The molecule has 0 fully saturated rings. The number of benzene rings is 3. The third-order valence-electron chi connectivity index (χ3n) is 4.01. The van der Waals surface area contributed by atoms with E-state index in [-0.39, 0.29) is 32.5 Å². The number of anilines is 2. The summed E-state index contributed by atoms with van der Waals surface area (Å²) < 4.78 is 27.6. The van der Waals surface area contributed by atoms with E-state index in [0.717, 1.165) is 0 Å². The first-order chi connectivity index (χ1) is 14.2. The normalized spacial score (nSPS) is 11.0. The zero-order chi connectivity index (χ0) is 21.9. The molecule has 10 heteroatoms. The fourth-order valence-electron chi connectivity index (χ4n) is 2.52. The molecule has 4 N–H and O–H groups in total. The highest BCUT2D eigenvalue weighted by Gasteiger charge is 2.19. The smallest absolute Gasteiger partial charge is 0.335 e. The number of phenolic OH excluding ortho intramolecular Hbond substituents is 1. The van der Waals surface area contributed by atoms with E-state index in [1.165, 1.54) is 66.7 Å². The Hall–Kier alpha value is -3.56. The topological polar surface area (TPSA) is 133 Å². The van der Waals surface area contributed by atoms with Crippen LogP contribution in [0.1, 0.15) is 20.7 Å². The summed E-state index contributed by atoms with van der Waals surface area (Å²) in [7, 11) is -4.04. The predicted octanol–water partition coefficient (Wildman–Crippen LogP) is 3.80. The van der Waals surface area contributed by atoms with Crippen molar-refractivity contribution in [2.24, 2.45) is 0 Å². The summed E-state index contributed by atoms with van der Waals surface area (Å²) in [5.41, 5.74) is 0.328. The summed E-state index contributed by atoms with van der Waals surface area (Å²) in [6.07, 6.45) is 0. The molecule has 0 aliphatic rings. The fourth-order valence-corrected chi connectivity index (χ4v) is 3.77. The van der Waals surface area contributed by atoms with Gasteiger partial charge in [0.2, 0.25) is 0 Å². The van der Waals surface area contributed by atoms with Crippen LogP contribution in [0.25, 0.3) is 0 Å². The number of rotatable bonds is 6. The molecule has 0 radical (unpaired) electrons. The molecule has 0 heterocycles. The highest BCUT2D eigenvalue weighted by molar-refractivity contribution is 7.92. The average Bonchev–Trinajstić information content (AvgIpc) is 2.70. The van der Waals surface area contributed by atoms with Crippen molar-refractivity contribution in [3.05, 3.63) is 82.9 Å². The minimum Gasteiger partial charge on any atom is -0.508 e. The van der Waals surface area contributed by atoms with Crippen molar-refractivity contribution in [3.8, 4) is 5.75 Å².